The van der Waals surface area contributed by atoms with Gasteiger partial charge >= 0.3 is 0 Å². The largest absolute Gasteiger partial charge is 0.748 e. The number of ether oxygens (including phenoxy) is 3. The lowest BCUT2D eigenvalue weighted by Crippen LogP contribution is -2.31. The fourth-order valence-corrected chi connectivity index (χ4v) is 5.41. The number of hydrogen-bond acceptors (Lipinski definition) is 13. The first-order valence-corrected chi connectivity index (χ1v) is 19.5. The summed E-state index contributed by atoms with van der Waals surface area (Å²) >= 11 is 1.61. The van der Waals surface area contributed by atoms with E-state index in [4.69, 9.17) is 40.8 Å². The average Bonchev–Trinajstić information content (AvgIpc) is 3.86. The summed E-state index contributed by atoms with van der Waals surface area (Å²) in [5, 5.41) is 14.0. The molecule has 4 aromatic heterocycles. The quantitative estimate of drug-likeness (QED) is 0.0413. The fraction of sp³-hybridized carbons (Fsp3) is 0.636. The first kappa shape index (κ1) is 39.0. The van der Waals surface area contributed by atoms with Crippen LogP contribution in [0.5, 0.6) is 17.6 Å². The molecule has 0 aromatic carbocycles. The molecule has 0 fully saturated rings. The Balaban J connectivity index is 0.00000116. The van der Waals surface area contributed by atoms with E-state index in [2.05, 4.69) is 22.4 Å². The maximum atomic E-state index is 9.08. The number of nitrogens with zero attached hydrogens (tertiary/aromatic N) is 4. The second-order valence-electron chi connectivity index (χ2n) is 11.8. The monoisotopic (exact) mass is 710 g/mol. The van der Waals surface area contributed by atoms with Gasteiger partial charge < -0.3 is 32.3 Å². The zero-order valence-corrected chi connectivity index (χ0v) is 30.0. The van der Waals surface area contributed by atoms with E-state index in [1.807, 2.05) is 27.7 Å². The lowest BCUT2D eigenvalue weighted by atomic mass is 10.0. The van der Waals surface area contributed by atoms with Crippen LogP contribution in [0.25, 0.3) is 0 Å². The summed E-state index contributed by atoms with van der Waals surface area (Å²) in [7, 11) is -3.92. The summed E-state index contributed by atoms with van der Waals surface area (Å²) in [5.74, 6) is 3.32. The van der Waals surface area contributed by atoms with Gasteiger partial charge in [-0.05, 0) is 28.8 Å². The van der Waals surface area contributed by atoms with Crippen LogP contribution in [0.3, 0.4) is 0 Å². The summed E-state index contributed by atoms with van der Waals surface area (Å²) in [6.45, 7) is 4.99. The molecule has 0 aliphatic rings. The molecule has 4 heterocycles. The average molecular weight is 711 g/mol. The summed E-state index contributed by atoms with van der Waals surface area (Å²) in [6.07, 6.45) is 20.3. The van der Waals surface area contributed by atoms with E-state index in [9.17, 15) is 0 Å². The maximum Gasteiger partial charge on any atom is 0.254 e. The van der Waals surface area contributed by atoms with E-state index in [0.29, 0.717) is 42.0 Å². The van der Waals surface area contributed by atoms with Crippen molar-refractivity contribution in [3.05, 3.63) is 52.6 Å². The van der Waals surface area contributed by atoms with Crippen LogP contribution in [-0.2, 0) is 23.1 Å². The van der Waals surface area contributed by atoms with Crippen molar-refractivity contribution in [2.75, 3.05) is 19.5 Å². The number of hydrogen-bond donors (Lipinski definition) is 0. The molecule has 0 radical (unpaired) electrons. The highest BCUT2D eigenvalue weighted by Gasteiger charge is 2.19. The van der Waals surface area contributed by atoms with Crippen molar-refractivity contribution in [3.63, 3.8) is 0 Å². The number of unbranched alkanes of at least 4 members (excludes halogenated alkanes) is 12. The van der Waals surface area contributed by atoms with Crippen LogP contribution in [0.15, 0.2) is 48.9 Å². The summed E-state index contributed by atoms with van der Waals surface area (Å²) in [5.41, 5.74) is 2.00. The second kappa shape index (κ2) is 22.3. The van der Waals surface area contributed by atoms with Crippen molar-refractivity contribution in [1.29, 1.82) is 0 Å². The van der Waals surface area contributed by atoms with E-state index in [1.54, 1.807) is 30.4 Å². The highest BCUT2D eigenvalue weighted by Crippen LogP contribution is 2.19. The molecule has 4 rings (SSSR count). The third kappa shape index (κ3) is 18.2. The van der Waals surface area contributed by atoms with Crippen molar-refractivity contribution < 1.29 is 45.3 Å². The molecule has 1 atom stereocenters. The SMILES string of the molecule is CCCCCCCCCCCCCCCc1cc(OCC(COc2cc(C[n+]3ccsc3)on2)Oc2cc(C)on2)no1.CS(=O)(=O)[O-]. The highest BCUT2D eigenvalue weighted by atomic mass is 32.2. The van der Waals surface area contributed by atoms with E-state index in [0.717, 1.165) is 18.6 Å². The molecule has 0 aliphatic heterocycles. The predicted octanol–water partition coefficient (Wildman–Crippen LogP) is 7.06. The van der Waals surface area contributed by atoms with Crippen LogP contribution in [0.2, 0.25) is 0 Å². The van der Waals surface area contributed by atoms with Crippen LogP contribution in [-0.4, -0.2) is 54.0 Å². The van der Waals surface area contributed by atoms with Gasteiger partial charge in [0.05, 0.1) is 21.6 Å². The third-order valence-electron chi connectivity index (χ3n) is 7.19. The van der Waals surface area contributed by atoms with Gasteiger partial charge in [-0.25, -0.2) is 8.42 Å². The molecule has 48 heavy (non-hydrogen) atoms. The first-order valence-electron chi connectivity index (χ1n) is 16.8. The molecular weight excluding hydrogens is 661 g/mol. The van der Waals surface area contributed by atoms with Crippen LogP contribution in [0, 0.1) is 6.92 Å². The van der Waals surface area contributed by atoms with Crippen LogP contribution >= 0.6 is 11.3 Å². The second-order valence-corrected chi connectivity index (χ2v) is 14.0. The van der Waals surface area contributed by atoms with Gasteiger partial charge in [-0.3, -0.25) is 0 Å². The Morgan fingerprint density at radius 2 is 1.31 bits per heavy atom. The van der Waals surface area contributed by atoms with Crippen molar-refractivity contribution >= 4 is 21.5 Å². The van der Waals surface area contributed by atoms with Gasteiger partial charge in [0.2, 0.25) is 17.8 Å². The van der Waals surface area contributed by atoms with E-state index >= 15 is 0 Å². The molecular formula is C33H50N4O9S2. The zero-order chi connectivity index (χ0) is 34.5. The van der Waals surface area contributed by atoms with E-state index < -0.39 is 16.2 Å². The first-order chi connectivity index (χ1) is 23.2. The van der Waals surface area contributed by atoms with Gasteiger partial charge in [-0.2, -0.15) is 4.57 Å². The van der Waals surface area contributed by atoms with Gasteiger partial charge in [-0.1, -0.05) is 95.3 Å². The lowest BCUT2D eigenvalue weighted by Gasteiger charge is -2.16. The maximum absolute atomic E-state index is 9.08. The molecule has 0 bridgehead atoms. The molecule has 0 aliphatic carbocycles. The van der Waals surface area contributed by atoms with Crippen molar-refractivity contribution in [2.45, 2.75) is 116 Å². The van der Waals surface area contributed by atoms with Crippen molar-refractivity contribution in [3.8, 4) is 17.6 Å². The standard InChI is InChI=1S/C32H47N4O6S.CH4O3S/c1-3-4-5-6-7-8-9-10-11-12-13-14-15-16-27-20-30(33-41-27)37-23-29(39-32-19-26(2)40-35-32)24-38-31-21-28(42-34-31)22-36-17-18-43-25-36;1-5(2,3)4/h17-21,25,29H,3-16,22-24H2,1-2H3;1H3,(H,2,3,4)/q+1;/p-1. The van der Waals surface area contributed by atoms with Gasteiger partial charge in [0.1, 0.15) is 24.7 Å². The lowest BCUT2D eigenvalue weighted by molar-refractivity contribution is -0.685. The van der Waals surface area contributed by atoms with E-state index in [1.165, 1.54) is 77.0 Å². The zero-order valence-electron chi connectivity index (χ0n) is 28.3. The molecule has 0 saturated heterocycles. The van der Waals surface area contributed by atoms with Crippen LogP contribution in [0.4, 0.5) is 0 Å². The summed E-state index contributed by atoms with van der Waals surface area (Å²) < 4.78 is 63.0. The van der Waals surface area contributed by atoms with Crippen LogP contribution in [0.1, 0.15) is 108 Å². The number of aryl methyl sites for hydroxylation is 2. The highest BCUT2D eigenvalue weighted by molar-refractivity contribution is 7.84. The molecule has 0 amide bonds. The molecule has 1 unspecified atom stereocenters. The minimum absolute atomic E-state index is 0.160. The Bertz CT molecular complexity index is 1480. The number of aromatic nitrogens is 4. The minimum atomic E-state index is -3.92. The summed E-state index contributed by atoms with van der Waals surface area (Å²) in [6, 6.07) is 5.33. The number of rotatable bonds is 24. The smallest absolute Gasteiger partial charge is 0.254 e. The number of thiazole rings is 1. The fourth-order valence-electron chi connectivity index (χ4n) is 4.81. The molecule has 0 spiro atoms. The molecule has 15 heteroatoms. The molecule has 0 saturated carbocycles. The Kier molecular flexibility index (Phi) is 18.1. The minimum Gasteiger partial charge on any atom is -0.748 e. The summed E-state index contributed by atoms with van der Waals surface area (Å²) in [4.78, 5) is 0. The topological polar surface area (TPSA) is 167 Å². The Labute approximate surface area is 287 Å². The van der Waals surface area contributed by atoms with E-state index in [-0.39, 0.29) is 13.2 Å². The van der Waals surface area contributed by atoms with Crippen molar-refractivity contribution in [1.82, 2.24) is 15.5 Å². The molecule has 4 aromatic rings. The van der Waals surface area contributed by atoms with Gasteiger partial charge in [0.15, 0.2) is 12.3 Å². The van der Waals surface area contributed by atoms with Gasteiger partial charge in [-0.15, -0.1) is 0 Å². The van der Waals surface area contributed by atoms with Crippen molar-refractivity contribution in [2.24, 2.45) is 0 Å². The molecule has 268 valence electrons. The Hall–Kier alpha value is -3.43. The Morgan fingerprint density at radius 1 is 0.792 bits per heavy atom. The molecule has 13 nitrogen and oxygen atoms in total. The third-order valence-corrected chi connectivity index (χ3v) is 7.87. The van der Waals surface area contributed by atoms with Crippen LogP contribution < -0.4 is 18.8 Å². The predicted molar refractivity (Wildman–Crippen MR) is 178 cm³/mol. The molecule has 0 N–H and O–H groups in total. The Morgan fingerprint density at radius 3 is 1.83 bits per heavy atom. The normalized spacial score (nSPS) is 12.0. The van der Waals surface area contributed by atoms with Gasteiger partial charge in [0, 0.05) is 24.8 Å². The van der Waals surface area contributed by atoms with Gasteiger partial charge in [0.25, 0.3) is 17.6 Å².